The molecule has 0 radical (unpaired) electrons. The minimum Gasteiger partial charge on any atom is -0.481 e. The van der Waals surface area contributed by atoms with Crippen molar-refractivity contribution in [1.29, 1.82) is 0 Å². The van der Waals surface area contributed by atoms with E-state index in [0.29, 0.717) is 25.7 Å². The standard InChI is InChI=1S/C19H23NO6S/c21-17(22)16-10-20(18(23)26-11-13-4-2-1-3-5-13)12-19(16)8-14-6-7-15(9-19)27(14,24)25/h1-5,14-16H,6-12H2,(H,21,22). The summed E-state index contributed by atoms with van der Waals surface area (Å²) < 4.78 is 30.2. The van der Waals surface area contributed by atoms with Crippen LogP contribution in [0.1, 0.15) is 31.2 Å². The summed E-state index contributed by atoms with van der Waals surface area (Å²) >= 11 is 0. The maximum atomic E-state index is 12.5. The first kappa shape index (κ1) is 18.3. The molecule has 1 aromatic carbocycles. The number of benzene rings is 1. The molecule has 3 unspecified atom stereocenters. The van der Waals surface area contributed by atoms with Gasteiger partial charge in [0, 0.05) is 18.5 Å². The summed E-state index contributed by atoms with van der Waals surface area (Å²) in [5, 5.41) is 8.79. The molecule has 8 heteroatoms. The Kier molecular flexibility index (Phi) is 4.41. The molecular weight excluding hydrogens is 370 g/mol. The predicted molar refractivity (Wildman–Crippen MR) is 96.7 cm³/mol. The number of hydrogen-bond acceptors (Lipinski definition) is 5. The molecule has 1 aromatic rings. The van der Waals surface area contributed by atoms with Crippen LogP contribution in [-0.2, 0) is 26.0 Å². The van der Waals surface area contributed by atoms with Crippen molar-refractivity contribution in [2.75, 3.05) is 13.1 Å². The molecule has 3 heterocycles. The third kappa shape index (κ3) is 3.09. The van der Waals surface area contributed by atoms with Crippen LogP contribution in [0.4, 0.5) is 4.79 Å². The Balaban J connectivity index is 1.49. The number of sulfone groups is 1. The summed E-state index contributed by atoms with van der Waals surface area (Å²) in [7, 11) is -3.15. The van der Waals surface area contributed by atoms with E-state index in [2.05, 4.69) is 0 Å². The first-order valence-electron chi connectivity index (χ1n) is 9.23. The normalized spacial score (nSPS) is 33.9. The molecule has 0 saturated carbocycles. The van der Waals surface area contributed by atoms with Gasteiger partial charge in [0.1, 0.15) is 6.61 Å². The first-order chi connectivity index (χ1) is 12.8. The Labute approximate surface area is 158 Å². The van der Waals surface area contributed by atoms with E-state index in [0.717, 1.165) is 5.56 Å². The van der Waals surface area contributed by atoms with E-state index in [1.165, 1.54) is 4.90 Å². The van der Waals surface area contributed by atoms with Gasteiger partial charge in [-0.05, 0) is 31.2 Å². The van der Waals surface area contributed by atoms with Gasteiger partial charge in [-0.2, -0.15) is 0 Å². The first-order valence-corrected chi connectivity index (χ1v) is 10.8. The Morgan fingerprint density at radius 2 is 1.78 bits per heavy atom. The van der Waals surface area contributed by atoms with Crippen molar-refractivity contribution in [1.82, 2.24) is 4.90 Å². The fourth-order valence-electron chi connectivity index (χ4n) is 5.07. The Morgan fingerprint density at radius 3 is 2.37 bits per heavy atom. The number of fused-ring (bicyclic) bond motifs is 2. The number of ether oxygens (including phenoxy) is 1. The number of aliphatic carboxylic acids is 1. The fraction of sp³-hybridized carbons (Fsp3) is 0.579. The van der Waals surface area contributed by atoms with Gasteiger partial charge in [-0.3, -0.25) is 4.79 Å². The number of hydrogen-bond donors (Lipinski definition) is 1. The van der Waals surface area contributed by atoms with Crippen LogP contribution in [0, 0.1) is 11.3 Å². The van der Waals surface area contributed by atoms with Crippen LogP contribution in [0.25, 0.3) is 0 Å². The summed E-state index contributed by atoms with van der Waals surface area (Å²) in [5.41, 5.74) is 0.186. The zero-order valence-corrected chi connectivity index (χ0v) is 15.7. The van der Waals surface area contributed by atoms with E-state index in [1.807, 2.05) is 30.3 Å². The highest BCUT2D eigenvalue weighted by atomic mass is 32.2. The lowest BCUT2D eigenvalue weighted by molar-refractivity contribution is -0.145. The zero-order chi connectivity index (χ0) is 19.2. The molecular formula is C19H23NO6S. The highest BCUT2D eigenvalue weighted by Gasteiger charge is 2.61. The summed E-state index contributed by atoms with van der Waals surface area (Å²) in [6.07, 6.45) is 1.30. The van der Waals surface area contributed by atoms with Crippen LogP contribution < -0.4 is 0 Å². The van der Waals surface area contributed by atoms with Crippen LogP contribution in [0.5, 0.6) is 0 Å². The fourth-order valence-corrected chi connectivity index (χ4v) is 7.67. The number of carbonyl (C=O) groups is 2. The number of carbonyl (C=O) groups excluding carboxylic acids is 1. The molecule has 1 spiro atoms. The van der Waals surface area contributed by atoms with Crippen molar-refractivity contribution in [3.8, 4) is 0 Å². The van der Waals surface area contributed by atoms with Gasteiger partial charge in [0.25, 0.3) is 0 Å². The van der Waals surface area contributed by atoms with Gasteiger partial charge in [-0.15, -0.1) is 0 Å². The van der Waals surface area contributed by atoms with Crippen LogP contribution in [0.3, 0.4) is 0 Å². The predicted octanol–water partition coefficient (Wildman–Crippen LogP) is 2.07. The minimum atomic E-state index is -3.15. The molecule has 7 nitrogen and oxygen atoms in total. The zero-order valence-electron chi connectivity index (χ0n) is 14.9. The van der Waals surface area contributed by atoms with Crippen molar-refractivity contribution in [3.05, 3.63) is 35.9 Å². The molecule has 3 fully saturated rings. The van der Waals surface area contributed by atoms with Gasteiger partial charge in [-0.25, -0.2) is 13.2 Å². The second-order valence-corrected chi connectivity index (χ2v) is 10.5. The largest absolute Gasteiger partial charge is 0.481 e. The molecule has 3 aliphatic heterocycles. The van der Waals surface area contributed by atoms with Crippen LogP contribution in [-0.4, -0.2) is 54.1 Å². The van der Waals surface area contributed by atoms with Crippen LogP contribution in [0.2, 0.25) is 0 Å². The van der Waals surface area contributed by atoms with Crippen molar-refractivity contribution in [2.24, 2.45) is 11.3 Å². The van der Waals surface area contributed by atoms with Gasteiger partial charge in [0.15, 0.2) is 9.84 Å². The average Bonchev–Trinajstić information content (AvgIpc) is 3.03. The number of carboxylic acid groups (broad SMARTS) is 1. The maximum absolute atomic E-state index is 12.5. The van der Waals surface area contributed by atoms with Crippen LogP contribution in [0.15, 0.2) is 30.3 Å². The van der Waals surface area contributed by atoms with Gasteiger partial charge < -0.3 is 14.7 Å². The molecule has 3 aliphatic rings. The quantitative estimate of drug-likeness (QED) is 0.844. The summed E-state index contributed by atoms with van der Waals surface area (Å²) in [4.78, 5) is 25.8. The Morgan fingerprint density at radius 1 is 1.15 bits per heavy atom. The third-order valence-corrected chi connectivity index (χ3v) is 9.08. The van der Waals surface area contributed by atoms with Crippen molar-refractivity contribution in [2.45, 2.75) is 42.8 Å². The number of carboxylic acids is 1. The third-order valence-electron chi connectivity index (χ3n) is 6.42. The topological polar surface area (TPSA) is 101 Å². The number of rotatable bonds is 3. The van der Waals surface area contributed by atoms with Crippen LogP contribution >= 0.6 is 0 Å². The van der Waals surface area contributed by atoms with E-state index in [-0.39, 0.29) is 19.7 Å². The Bertz CT molecular complexity index is 832. The van der Waals surface area contributed by atoms with E-state index >= 15 is 0 Å². The lowest BCUT2D eigenvalue weighted by atomic mass is 9.72. The van der Waals surface area contributed by atoms with E-state index in [1.54, 1.807) is 0 Å². The molecule has 27 heavy (non-hydrogen) atoms. The number of amides is 1. The van der Waals surface area contributed by atoms with Gasteiger partial charge in [0.05, 0.1) is 16.4 Å². The summed E-state index contributed by atoms with van der Waals surface area (Å²) in [5.74, 6) is -1.72. The van der Waals surface area contributed by atoms with Crippen molar-refractivity contribution < 1.29 is 27.9 Å². The van der Waals surface area contributed by atoms with E-state index in [4.69, 9.17) is 4.74 Å². The SMILES string of the molecule is O=C(O)C1CN(C(=O)OCc2ccccc2)CC12CC1CCC(C2)S1(=O)=O. The molecule has 2 bridgehead atoms. The molecule has 1 N–H and O–H groups in total. The summed E-state index contributed by atoms with van der Waals surface area (Å²) in [6, 6.07) is 9.28. The number of likely N-dealkylation sites (tertiary alicyclic amines) is 1. The molecule has 146 valence electrons. The van der Waals surface area contributed by atoms with Crippen molar-refractivity contribution in [3.63, 3.8) is 0 Å². The second-order valence-electron chi connectivity index (χ2n) is 7.99. The molecule has 1 amide bonds. The lowest BCUT2D eigenvalue weighted by Crippen LogP contribution is -2.46. The highest BCUT2D eigenvalue weighted by Crippen LogP contribution is 2.54. The highest BCUT2D eigenvalue weighted by molar-refractivity contribution is 7.93. The second kappa shape index (κ2) is 6.51. The average molecular weight is 393 g/mol. The molecule has 0 aliphatic carbocycles. The van der Waals surface area contributed by atoms with Crippen molar-refractivity contribution >= 4 is 21.9 Å². The van der Waals surface area contributed by atoms with E-state index in [9.17, 15) is 23.1 Å². The van der Waals surface area contributed by atoms with E-state index < -0.39 is 43.7 Å². The Hall–Kier alpha value is -2.09. The summed E-state index contributed by atoms with van der Waals surface area (Å²) in [6.45, 7) is 0.448. The lowest BCUT2D eigenvalue weighted by Gasteiger charge is -2.39. The number of nitrogens with zero attached hydrogens (tertiary/aromatic N) is 1. The monoisotopic (exact) mass is 393 g/mol. The van der Waals surface area contributed by atoms with Gasteiger partial charge in [-0.1, -0.05) is 30.3 Å². The molecule has 3 saturated heterocycles. The molecule has 4 rings (SSSR count). The van der Waals surface area contributed by atoms with Gasteiger partial charge >= 0.3 is 12.1 Å². The molecule has 3 atom stereocenters. The maximum Gasteiger partial charge on any atom is 0.410 e. The molecule has 0 aromatic heterocycles. The smallest absolute Gasteiger partial charge is 0.410 e. The van der Waals surface area contributed by atoms with Gasteiger partial charge in [0.2, 0.25) is 0 Å². The minimum absolute atomic E-state index is 0.0719.